The Balaban J connectivity index is 0.000000902. The quantitative estimate of drug-likeness (QED) is 0.922. The summed E-state index contributed by atoms with van der Waals surface area (Å²) in [7, 11) is 0. The summed E-state index contributed by atoms with van der Waals surface area (Å²) < 4.78 is 2.38. The number of para-hydroxylation sites is 2. The lowest BCUT2D eigenvalue weighted by molar-refractivity contribution is 0.434. The average molecular weight is 302 g/mol. The van der Waals surface area contributed by atoms with Crippen LogP contribution in [-0.2, 0) is 6.54 Å². The highest BCUT2D eigenvalue weighted by Crippen LogP contribution is 2.27. The summed E-state index contributed by atoms with van der Waals surface area (Å²) in [5.74, 6) is 1.92. The highest BCUT2D eigenvalue weighted by Gasteiger charge is 2.21. The second-order valence-electron chi connectivity index (χ2n) is 4.73. The van der Waals surface area contributed by atoms with E-state index in [2.05, 4.69) is 41.1 Å². The molecule has 1 fully saturated rings. The molecule has 3 rings (SSSR count). The predicted molar refractivity (Wildman–Crippen MR) is 84.7 cm³/mol. The molecule has 106 valence electrons. The van der Waals surface area contributed by atoms with Crippen LogP contribution in [0.2, 0.25) is 0 Å². The van der Waals surface area contributed by atoms with Gasteiger partial charge in [0, 0.05) is 12.5 Å². The molecule has 3 nitrogen and oxygen atoms in total. The van der Waals surface area contributed by atoms with Gasteiger partial charge in [0.05, 0.1) is 11.0 Å². The van der Waals surface area contributed by atoms with E-state index in [1.807, 2.05) is 0 Å². The molecule has 0 saturated carbocycles. The first-order chi connectivity index (χ1) is 8.40. The van der Waals surface area contributed by atoms with E-state index < -0.39 is 0 Å². The molecule has 0 spiro atoms. The molecule has 2 heterocycles. The van der Waals surface area contributed by atoms with Crippen molar-refractivity contribution >= 4 is 35.8 Å². The first-order valence-electron chi connectivity index (χ1n) is 6.56. The Kier molecular flexibility index (Phi) is 6.11. The molecule has 0 unspecified atom stereocenters. The molecule has 0 radical (unpaired) electrons. The van der Waals surface area contributed by atoms with E-state index in [4.69, 9.17) is 4.98 Å². The maximum absolute atomic E-state index is 4.84. The number of halogens is 2. The molecule has 1 aromatic heterocycles. The van der Waals surface area contributed by atoms with Crippen LogP contribution in [0.5, 0.6) is 0 Å². The summed E-state index contributed by atoms with van der Waals surface area (Å²) in [5, 5.41) is 3.42. The summed E-state index contributed by atoms with van der Waals surface area (Å²) in [5.41, 5.74) is 2.42. The first kappa shape index (κ1) is 16.3. The number of hydrogen-bond acceptors (Lipinski definition) is 2. The summed E-state index contributed by atoms with van der Waals surface area (Å²) in [6.45, 7) is 5.47. The molecule has 1 saturated heterocycles. The van der Waals surface area contributed by atoms with Crippen molar-refractivity contribution in [1.82, 2.24) is 14.9 Å². The van der Waals surface area contributed by atoms with Gasteiger partial charge in [-0.2, -0.15) is 0 Å². The van der Waals surface area contributed by atoms with Gasteiger partial charge in [-0.15, -0.1) is 24.8 Å². The van der Waals surface area contributed by atoms with Crippen LogP contribution in [0.1, 0.15) is 31.5 Å². The van der Waals surface area contributed by atoms with Crippen LogP contribution in [-0.4, -0.2) is 22.6 Å². The third kappa shape index (κ3) is 3.04. The van der Waals surface area contributed by atoms with Crippen LogP contribution in [0.25, 0.3) is 11.0 Å². The number of benzene rings is 1. The van der Waals surface area contributed by atoms with E-state index in [0.29, 0.717) is 5.92 Å². The predicted octanol–water partition coefficient (Wildman–Crippen LogP) is 3.37. The van der Waals surface area contributed by atoms with Crippen LogP contribution in [0, 0.1) is 0 Å². The Labute approximate surface area is 126 Å². The molecule has 2 aromatic rings. The zero-order valence-corrected chi connectivity index (χ0v) is 12.8. The fourth-order valence-electron chi connectivity index (χ4n) is 2.82. The van der Waals surface area contributed by atoms with Gasteiger partial charge >= 0.3 is 0 Å². The van der Waals surface area contributed by atoms with E-state index in [1.54, 1.807) is 0 Å². The minimum absolute atomic E-state index is 0. The molecule has 0 aliphatic carbocycles. The second kappa shape index (κ2) is 7.13. The van der Waals surface area contributed by atoms with E-state index in [0.717, 1.165) is 25.2 Å². The lowest BCUT2D eigenvalue weighted by Crippen LogP contribution is -2.28. The van der Waals surface area contributed by atoms with Gasteiger partial charge < -0.3 is 9.88 Å². The highest BCUT2D eigenvalue weighted by molar-refractivity contribution is 5.85. The van der Waals surface area contributed by atoms with E-state index in [-0.39, 0.29) is 24.8 Å². The Morgan fingerprint density at radius 3 is 2.58 bits per heavy atom. The molecular formula is C14H21Cl2N3. The zero-order chi connectivity index (χ0) is 11.7. The molecule has 0 bridgehead atoms. The first-order valence-corrected chi connectivity index (χ1v) is 6.56. The van der Waals surface area contributed by atoms with Gasteiger partial charge in [-0.05, 0) is 45.0 Å². The van der Waals surface area contributed by atoms with Crippen molar-refractivity contribution in [1.29, 1.82) is 0 Å². The minimum atomic E-state index is 0. The summed E-state index contributed by atoms with van der Waals surface area (Å²) >= 11 is 0. The fraction of sp³-hybridized carbons (Fsp3) is 0.500. The lowest BCUT2D eigenvalue weighted by atomic mass is 9.97. The maximum Gasteiger partial charge on any atom is 0.113 e. The van der Waals surface area contributed by atoms with Crippen LogP contribution in [0.4, 0.5) is 0 Å². The molecular weight excluding hydrogens is 281 g/mol. The van der Waals surface area contributed by atoms with Crippen molar-refractivity contribution in [2.45, 2.75) is 32.2 Å². The monoisotopic (exact) mass is 301 g/mol. The molecule has 5 heteroatoms. The Hall–Kier alpha value is -0.770. The number of fused-ring (bicyclic) bond motifs is 1. The summed E-state index contributed by atoms with van der Waals surface area (Å²) in [4.78, 5) is 4.84. The van der Waals surface area contributed by atoms with E-state index in [1.165, 1.54) is 24.2 Å². The standard InChI is InChI=1S/C14H19N3.2ClH/c1-2-17-13-6-4-3-5-12(13)16-14(17)11-7-9-15-10-8-11;;/h3-6,11,15H,2,7-10H2,1H3;2*1H. The van der Waals surface area contributed by atoms with Gasteiger partial charge in [-0.25, -0.2) is 4.98 Å². The van der Waals surface area contributed by atoms with Crippen molar-refractivity contribution < 1.29 is 0 Å². The van der Waals surface area contributed by atoms with Crippen molar-refractivity contribution in [2.24, 2.45) is 0 Å². The minimum Gasteiger partial charge on any atom is -0.328 e. The average Bonchev–Trinajstić information content (AvgIpc) is 2.78. The number of aromatic nitrogens is 2. The normalized spacial score (nSPS) is 15.8. The number of nitrogens with one attached hydrogen (secondary N) is 1. The van der Waals surface area contributed by atoms with Gasteiger partial charge in [0.2, 0.25) is 0 Å². The topological polar surface area (TPSA) is 29.9 Å². The van der Waals surface area contributed by atoms with Gasteiger partial charge in [-0.3, -0.25) is 0 Å². The van der Waals surface area contributed by atoms with Crippen molar-refractivity contribution in [2.75, 3.05) is 13.1 Å². The van der Waals surface area contributed by atoms with Crippen molar-refractivity contribution in [3.63, 3.8) is 0 Å². The highest BCUT2D eigenvalue weighted by atomic mass is 35.5. The zero-order valence-electron chi connectivity index (χ0n) is 11.1. The third-order valence-corrected chi connectivity index (χ3v) is 3.70. The number of piperidine rings is 1. The molecule has 1 N–H and O–H groups in total. The number of aryl methyl sites for hydroxylation is 1. The Morgan fingerprint density at radius 1 is 1.21 bits per heavy atom. The smallest absolute Gasteiger partial charge is 0.113 e. The van der Waals surface area contributed by atoms with Crippen LogP contribution in [0.15, 0.2) is 24.3 Å². The van der Waals surface area contributed by atoms with Gasteiger partial charge in [0.1, 0.15) is 5.82 Å². The molecule has 19 heavy (non-hydrogen) atoms. The summed E-state index contributed by atoms with van der Waals surface area (Å²) in [6, 6.07) is 8.46. The SMILES string of the molecule is CCn1c(C2CCNCC2)nc2ccccc21.Cl.Cl. The second-order valence-corrected chi connectivity index (χ2v) is 4.73. The molecule has 0 atom stereocenters. The van der Waals surface area contributed by atoms with Crippen molar-refractivity contribution in [3.05, 3.63) is 30.1 Å². The van der Waals surface area contributed by atoms with E-state index in [9.17, 15) is 0 Å². The fourth-order valence-corrected chi connectivity index (χ4v) is 2.82. The summed E-state index contributed by atoms with van der Waals surface area (Å²) in [6.07, 6.45) is 2.42. The Bertz CT molecular complexity index is 518. The Morgan fingerprint density at radius 2 is 1.89 bits per heavy atom. The maximum atomic E-state index is 4.84. The molecule has 1 aliphatic heterocycles. The number of hydrogen-bond donors (Lipinski definition) is 1. The van der Waals surface area contributed by atoms with Gasteiger partial charge in [0.25, 0.3) is 0 Å². The van der Waals surface area contributed by atoms with Crippen LogP contribution < -0.4 is 5.32 Å². The number of rotatable bonds is 2. The number of nitrogens with zero attached hydrogens (tertiary/aromatic N) is 2. The van der Waals surface area contributed by atoms with Gasteiger partial charge in [0.15, 0.2) is 0 Å². The molecule has 1 aromatic carbocycles. The molecule has 1 aliphatic rings. The third-order valence-electron chi connectivity index (χ3n) is 3.70. The lowest BCUT2D eigenvalue weighted by Gasteiger charge is -2.22. The van der Waals surface area contributed by atoms with Gasteiger partial charge in [-0.1, -0.05) is 12.1 Å². The van der Waals surface area contributed by atoms with Crippen LogP contribution in [0.3, 0.4) is 0 Å². The van der Waals surface area contributed by atoms with Crippen LogP contribution >= 0.6 is 24.8 Å². The van der Waals surface area contributed by atoms with E-state index >= 15 is 0 Å². The number of imidazole rings is 1. The largest absolute Gasteiger partial charge is 0.328 e. The van der Waals surface area contributed by atoms with Crippen molar-refractivity contribution in [3.8, 4) is 0 Å². The molecule has 0 amide bonds.